The van der Waals surface area contributed by atoms with Crippen molar-refractivity contribution in [2.75, 3.05) is 0 Å². The van der Waals surface area contributed by atoms with Crippen LogP contribution in [0.25, 0.3) is 5.69 Å². The van der Waals surface area contributed by atoms with Crippen LogP contribution >= 0.6 is 0 Å². The van der Waals surface area contributed by atoms with Crippen molar-refractivity contribution in [2.24, 2.45) is 0 Å². The Kier molecular flexibility index (Phi) is 4.03. The number of nitriles is 1. The van der Waals surface area contributed by atoms with Crippen LogP contribution in [0.2, 0.25) is 0 Å². The van der Waals surface area contributed by atoms with Crippen molar-refractivity contribution < 1.29 is 4.92 Å². The van der Waals surface area contributed by atoms with Crippen LogP contribution in [0, 0.1) is 28.4 Å². The standard InChI is InChI=1S/C15H16N4O2/c1-4-12-15(19(20)21)13(5-2)18(17-12)14-7-6-10(3)8-11(14)9-16/h6-8H,4-5H2,1-3H3. The monoisotopic (exact) mass is 284 g/mol. The third-order valence-corrected chi connectivity index (χ3v) is 3.38. The van der Waals surface area contributed by atoms with Gasteiger partial charge in [-0.2, -0.15) is 10.4 Å². The van der Waals surface area contributed by atoms with Gasteiger partial charge < -0.3 is 0 Å². The Bertz CT molecular complexity index is 741. The van der Waals surface area contributed by atoms with Gasteiger partial charge >= 0.3 is 5.69 Å². The van der Waals surface area contributed by atoms with Crippen LogP contribution in [0.5, 0.6) is 0 Å². The van der Waals surface area contributed by atoms with Crippen molar-refractivity contribution >= 4 is 5.69 Å². The minimum Gasteiger partial charge on any atom is -0.258 e. The minimum absolute atomic E-state index is 0.0597. The van der Waals surface area contributed by atoms with Crippen molar-refractivity contribution in [3.8, 4) is 11.8 Å². The molecule has 0 fully saturated rings. The van der Waals surface area contributed by atoms with E-state index in [2.05, 4.69) is 11.2 Å². The third kappa shape index (κ3) is 2.50. The van der Waals surface area contributed by atoms with Gasteiger partial charge in [-0.25, -0.2) is 4.68 Å². The third-order valence-electron chi connectivity index (χ3n) is 3.38. The maximum atomic E-state index is 11.3. The van der Waals surface area contributed by atoms with Crippen molar-refractivity contribution in [1.29, 1.82) is 5.26 Å². The molecule has 1 aromatic carbocycles. The maximum absolute atomic E-state index is 11.3. The molecule has 0 unspecified atom stereocenters. The van der Waals surface area contributed by atoms with Crippen molar-refractivity contribution in [3.63, 3.8) is 0 Å². The fourth-order valence-electron chi connectivity index (χ4n) is 2.38. The summed E-state index contributed by atoms with van der Waals surface area (Å²) in [7, 11) is 0. The second-order valence-corrected chi connectivity index (χ2v) is 4.75. The summed E-state index contributed by atoms with van der Waals surface area (Å²) in [6, 6.07) is 7.54. The topological polar surface area (TPSA) is 84.8 Å². The molecule has 108 valence electrons. The molecule has 0 aliphatic heterocycles. The van der Waals surface area contributed by atoms with E-state index in [4.69, 9.17) is 0 Å². The molecule has 0 spiro atoms. The molecule has 0 amide bonds. The summed E-state index contributed by atoms with van der Waals surface area (Å²) >= 11 is 0. The summed E-state index contributed by atoms with van der Waals surface area (Å²) in [4.78, 5) is 10.9. The molecule has 0 atom stereocenters. The lowest BCUT2D eigenvalue weighted by molar-refractivity contribution is -0.386. The van der Waals surface area contributed by atoms with Gasteiger partial charge in [-0.05, 0) is 37.5 Å². The van der Waals surface area contributed by atoms with Crippen molar-refractivity contribution in [1.82, 2.24) is 9.78 Å². The molecule has 0 radical (unpaired) electrons. The lowest BCUT2D eigenvalue weighted by atomic mass is 10.1. The summed E-state index contributed by atoms with van der Waals surface area (Å²) in [6.07, 6.45) is 0.951. The second-order valence-electron chi connectivity index (χ2n) is 4.75. The van der Waals surface area contributed by atoms with Crippen LogP contribution in [0.15, 0.2) is 18.2 Å². The number of aryl methyl sites for hydroxylation is 2. The molecule has 6 heteroatoms. The molecule has 1 heterocycles. The molecule has 21 heavy (non-hydrogen) atoms. The number of aromatic nitrogens is 2. The second kappa shape index (κ2) is 5.75. The van der Waals surface area contributed by atoms with Gasteiger partial charge in [0.1, 0.15) is 17.5 Å². The van der Waals surface area contributed by atoms with E-state index in [1.165, 1.54) is 4.68 Å². The van der Waals surface area contributed by atoms with E-state index in [0.29, 0.717) is 35.5 Å². The fourth-order valence-corrected chi connectivity index (χ4v) is 2.38. The van der Waals surface area contributed by atoms with E-state index >= 15 is 0 Å². The first-order valence-corrected chi connectivity index (χ1v) is 6.79. The van der Waals surface area contributed by atoms with Gasteiger partial charge in [0.2, 0.25) is 0 Å². The molecular weight excluding hydrogens is 268 g/mol. The number of hydrogen-bond donors (Lipinski definition) is 0. The van der Waals surface area contributed by atoms with E-state index in [-0.39, 0.29) is 10.6 Å². The Morgan fingerprint density at radius 3 is 2.62 bits per heavy atom. The Morgan fingerprint density at radius 2 is 2.10 bits per heavy atom. The van der Waals surface area contributed by atoms with E-state index in [9.17, 15) is 15.4 Å². The minimum atomic E-state index is -0.387. The zero-order valence-electron chi connectivity index (χ0n) is 12.3. The Morgan fingerprint density at radius 1 is 1.38 bits per heavy atom. The largest absolute Gasteiger partial charge is 0.313 e. The van der Waals surface area contributed by atoms with Crippen LogP contribution in [-0.4, -0.2) is 14.7 Å². The number of hydrogen-bond acceptors (Lipinski definition) is 4. The van der Waals surface area contributed by atoms with Crippen LogP contribution < -0.4 is 0 Å². The Hall–Kier alpha value is -2.68. The highest BCUT2D eigenvalue weighted by Gasteiger charge is 2.26. The molecule has 1 aromatic heterocycles. The average Bonchev–Trinajstić information content (AvgIpc) is 2.85. The predicted octanol–water partition coefficient (Wildman–Crippen LogP) is 3.09. The highest BCUT2D eigenvalue weighted by Crippen LogP contribution is 2.28. The number of benzene rings is 1. The Balaban J connectivity index is 2.76. The van der Waals surface area contributed by atoms with Crippen molar-refractivity contribution in [2.45, 2.75) is 33.6 Å². The van der Waals surface area contributed by atoms with Gasteiger partial charge in [-0.3, -0.25) is 10.1 Å². The molecule has 0 N–H and O–H groups in total. The smallest absolute Gasteiger partial charge is 0.258 e. The first-order chi connectivity index (χ1) is 10.0. The normalized spacial score (nSPS) is 10.4. The molecule has 0 saturated heterocycles. The summed E-state index contributed by atoms with van der Waals surface area (Å²) in [5.41, 5.74) is 3.04. The number of nitro groups is 1. The summed E-state index contributed by atoms with van der Waals surface area (Å²) in [6.45, 7) is 5.58. The molecule has 0 saturated carbocycles. The van der Waals surface area contributed by atoms with Crippen LogP contribution in [0.4, 0.5) is 5.69 Å². The van der Waals surface area contributed by atoms with Gasteiger partial charge in [0.15, 0.2) is 0 Å². The molecule has 0 aliphatic carbocycles. The van der Waals surface area contributed by atoms with Crippen LogP contribution in [-0.2, 0) is 12.8 Å². The molecular formula is C15H16N4O2. The number of nitrogens with zero attached hydrogens (tertiary/aromatic N) is 4. The quantitative estimate of drug-likeness (QED) is 0.637. The van der Waals surface area contributed by atoms with Gasteiger partial charge in [-0.1, -0.05) is 19.9 Å². The zero-order chi connectivity index (χ0) is 15.6. The predicted molar refractivity (Wildman–Crippen MR) is 78.4 cm³/mol. The van der Waals surface area contributed by atoms with Gasteiger partial charge in [0, 0.05) is 0 Å². The molecule has 6 nitrogen and oxygen atoms in total. The van der Waals surface area contributed by atoms with E-state index in [1.54, 1.807) is 12.1 Å². The summed E-state index contributed by atoms with van der Waals surface area (Å²) < 4.78 is 1.54. The number of rotatable bonds is 4. The zero-order valence-corrected chi connectivity index (χ0v) is 12.3. The lowest BCUT2D eigenvalue weighted by Crippen LogP contribution is -2.05. The first-order valence-electron chi connectivity index (χ1n) is 6.79. The lowest BCUT2D eigenvalue weighted by Gasteiger charge is -2.08. The maximum Gasteiger partial charge on any atom is 0.313 e. The molecule has 2 aromatic rings. The van der Waals surface area contributed by atoms with Gasteiger partial charge in [0.05, 0.1) is 16.2 Å². The molecule has 2 rings (SSSR count). The van der Waals surface area contributed by atoms with E-state index in [1.807, 2.05) is 26.8 Å². The fraction of sp³-hybridized carbons (Fsp3) is 0.333. The van der Waals surface area contributed by atoms with Crippen molar-refractivity contribution in [3.05, 3.63) is 50.8 Å². The summed E-state index contributed by atoms with van der Waals surface area (Å²) in [5, 5.41) is 24.9. The highest BCUT2D eigenvalue weighted by atomic mass is 16.6. The average molecular weight is 284 g/mol. The Labute approximate surface area is 122 Å². The van der Waals surface area contributed by atoms with E-state index in [0.717, 1.165) is 5.56 Å². The van der Waals surface area contributed by atoms with Crippen LogP contribution in [0.1, 0.15) is 36.4 Å². The van der Waals surface area contributed by atoms with Gasteiger partial charge in [-0.15, -0.1) is 0 Å². The van der Waals surface area contributed by atoms with Gasteiger partial charge in [0.25, 0.3) is 0 Å². The SMILES string of the molecule is CCc1nn(-c2ccc(C)cc2C#N)c(CC)c1[N+](=O)[O-]. The summed E-state index contributed by atoms with van der Waals surface area (Å²) in [5.74, 6) is 0. The first kappa shape index (κ1) is 14.7. The van der Waals surface area contributed by atoms with E-state index < -0.39 is 0 Å². The molecule has 0 bridgehead atoms. The molecule has 0 aliphatic rings. The van der Waals surface area contributed by atoms with Crippen LogP contribution in [0.3, 0.4) is 0 Å². The highest BCUT2D eigenvalue weighted by molar-refractivity contribution is 5.54.